The molecule has 1 aromatic heterocycles. The number of aliphatic hydroxyl groups is 2. The third-order valence-electron chi connectivity index (χ3n) is 4.42. The van der Waals surface area contributed by atoms with E-state index in [1.54, 1.807) is 0 Å². The highest BCUT2D eigenvalue weighted by molar-refractivity contribution is 5.85. The molecule has 0 unspecified atom stereocenters. The smallest absolute Gasteiger partial charge is 0.0648 e. The van der Waals surface area contributed by atoms with E-state index < -0.39 is 5.54 Å². The first kappa shape index (κ1) is 15.0. The van der Waals surface area contributed by atoms with Gasteiger partial charge in [0.1, 0.15) is 0 Å². The number of aryl methyl sites for hydroxylation is 2. The molecule has 0 aliphatic carbocycles. The summed E-state index contributed by atoms with van der Waals surface area (Å²) in [4.78, 5) is 0. The molecule has 0 atom stereocenters. The number of hydrogen-bond donors (Lipinski definition) is 3. The molecular formula is C16H24N2O2. The van der Waals surface area contributed by atoms with Crippen molar-refractivity contribution in [2.24, 2.45) is 7.05 Å². The summed E-state index contributed by atoms with van der Waals surface area (Å²) in [6.45, 7) is 4.58. The van der Waals surface area contributed by atoms with Gasteiger partial charge in [0.25, 0.3) is 0 Å². The van der Waals surface area contributed by atoms with Gasteiger partial charge < -0.3 is 20.1 Å². The summed E-state index contributed by atoms with van der Waals surface area (Å²) in [6.07, 6.45) is 0.684. The number of fused-ring (bicyclic) bond motifs is 1. The maximum Gasteiger partial charge on any atom is 0.0648 e. The standard InChI is InChI=1S/C16H24N2O2/c1-4-16(10-19,11-20)17-9-15-12(2)13-7-5-6-8-14(13)18(15)3/h5-8,17,19-20H,4,9-11H2,1-3H3. The van der Waals surface area contributed by atoms with E-state index in [1.807, 2.05) is 19.1 Å². The molecule has 1 aromatic carbocycles. The first-order chi connectivity index (χ1) is 9.58. The molecule has 2 rings (SSSR count). The van der Waals surface area contributed by atoms with Crippen LogP contribution < -0.4 is 5.32 Å². The summed E-state index contributed by atoms with van der Waals surface area (Å²) < 4.78 is 2.17. The number of nitrogens with zero attached hydrogens (tertiary/aromatic N) is 1. The molecule has 20 heavy (non-hydrogen) atoms. The van der Waals surface area contributed by atoms with E-state index in [4.69, 9.17) is 0 Å². The molecule has 0 aliphatic heterocycles. The van der Waals surface area contributed by atoms with Gasteiger partial charge in [-0.15, -0.1) is 0 Å². The van der Waals surface area contributed by atoms with Gasteiger partial charge in [0.15, 0.2) is 0 Å². The lowest BCUT2D eigenvalue weighted by molar-refractivity contribution is 0.0859. The van der Waals surface area contributed by atoms with E-state index in [0.717, 1.165) is 0 Å². The number of para-hydroxylation sites is 1. The van der Waals surface area contributed by atoms with Gasteiger partial charge in [0.2, 0.25) is 0 Å². The van der Waals surface area contributed by atoms with E-state index in [0.29, 0.717) is 13.0 Å². The number of nitrogens with one attached hydrogen (secondary N) is 1. The van der Waals surface area contributed by atoms with Gasteiger partial charge in [-0.2, -0.15) is 0 Å². The predicted octanol–water partition coefficient (Wildman–Crippen LogP) is 1.71. The normalized spacial score (nSPS) is 12.2. The van der Waals surface area contributed by atoms with Crippen LogP contribution in [0.15, 0.2) is 24.3 Å². The van der Waals surface area contributed by atoms with Gasteiger partial charge in [-0.05, 0) is 25.0 Å². The minimum atomic E-state index is -0.608. The molecule has 2 aromatic rings. The number of hydrogen-bond acceptors (Lipinski definition) is 3. The first-order valence-electron chi connectivity index (χ1n) is 7.08. The summed E-state index contributed by atoms with van der Waals surface area (Å²) in [5.74, 6) is 0. The number of aromatic nitrogens is 1. The van der Waals surface area contributed by atoms with Crippen molar-refractivity contribution in [2.75, 3.05) is 13.2 Å². The van der Waals surface area contributed by atoms with Gasteiger partial charge in [-0.1, -0.05) is 25.1 Å². The zero-order valence-electron chi connectivity index (χ0n) is 12.5. The van der Waals surface area contributed by atoms with Crippen LogP contribution in [0, 0.1) is 6.92 Å². The van der Waals surface area contributed by atoms with Crippen LogP contribution in [0.5, 0.6) is 0 Å². The average Bonchev–Trinajstić information content (AvgIpc) is 2.74. The molecule has 3 N–H and O–H groups in total. The molecule has 0 bridgehead atoms. The molecule has 0 aliphatic rings. The fourth-order valence-electron chi connectivity index (χ4n) is 2.67. The summed E-state index contributed by atoms with van der Waals surface area (Å²) >= 11 is 0. The minimum Gasteiger partial charge on any atom is -0.394 e. The van der Waals surface area contributed by atoms with Crippen molar-refractivity contribution in [1.29, 1.82) is 0 Å². The number of rotatable bonds is 6. The Bertz CT molecular complexity index is 538. The van der Waals surface area contributed by atoms with Crippen molar-refractivity contribution < 1.29 is 10.2 Å². The summed E-state index contributed by atoms with van der Waals surface area (Å²) in [5.41, 5.74) is 3.03. The molecule has 4 heteroatoms. The Labute approximate surface area is 120 Å². The monoisotopic (exact) mass is 276 g/mol. The molecular weight excluding hydrogens is 252 g/mol. The molecule has 0 amide bonds. The van der Waals surface area contributed by atoms with Crippen LogP contribution in [0.1, 0.15) is 24.6 Å². The largest absolute Gasteiger partial charge is 0.394 e. The zero-order chi connectivity index (χ0) is 14.8. The minimum absolute atomic E-state index is 0.0665. The Morgan fingerprint density at radius 1 is 1.20 bits per heavy atom. The third-order valence-corrected chi connectivity index (χ3v) is 4.42. The summed E-state index contributed by atoms with van der Waals surface area (Å²) in [5, 5.41) is 23.6. The van der Waals surface area contributed by atoms with E-state index in [-0.39, 0.29) is 13.2 Å². The van der Waals surface area contributed by atoms with E-state index in [9.17, 15) is 10.2 Å². The van der Waals surface area contributed by atoms with E-state index in [2.05, 4.69) is 36.0 Å². The highest BCUT2D eigenvalue weighted by atomic mass is 16.3. The second-order valence-corrected chi connectivity index (χ2v) is 5.45. The zero-order valence-corrected chi connectivity index (χ0v) is 12.5. The Kier molecular flexibility index (Phi) is 4.48. The first-order valence-corrected chi connectivity index (χ1v) is 7.08. The summed E-state index contributed by atoms with van der Waals surface area (Å²) in [6, 6.07) is 8.32. The van der Waals surface area contributed by atoms with Crippen molar-refractivity contribution in [3.05, 3.63) is 35.5 Å². The van der Waals surface area contributed by atoms with Gasteiger partial charge >= 0.3 is 0 Å². The van der Waals surface area contributed by atoms with Crippen molar-refractivity contribution in [2.45, 2.75) is 32.4 Å². The maximum absolute atomic E-state index is 9.50. The Morgan fingerprint density at radius 2 is 1.85 bits per heavy atom. The van der Waals surface area contributed by atoms with Gasteiger partial charge in [0.05, 0.1) is 18.8 Å². The number of benzene rings is 1. The molecule has 0 saturated carbocycles. The molecule has 110 valence electrons. The lowest BCUT2D eigenvalue weighted by Crippen LogP contribution is -2.51. The molecule has 0 fully saturated rings. The predicted molar refractivity (Wildman–Crippen MR) is 81.7 cm³/mol. The topological polar surface area (TPSA) is 57.4 Å². The SMILES string of the molecule is CCC(CO)(CO)NCc1c(C)c2ccccc2n1C. The second kappa shape index (κ2) is 5.95. The van der Waals surface area contributed by atoms with Crippen LogP contribution in [0.4, 0.5) is 0 Å². The second-order valence-electron chi connectivity index (χ2n) is 5.45. The van der Waals surface area contributed by atoms with Gasteiger partial charge in [0, 0.05) is 30.2 Å². The maximum atomic E-state index is 9.50. The molecule has 0 radical (unpaired) electrons. The van der Waals surface area contributed by atoms with Crippen LogP contribution in [-0.4, -0.2) is 33.5 Å². The Morgan fingerprint density at radius 3 is 2.40 bits per heavy atom. The average molecular weight is 276 g/mol. The molecule has 0 spiro atoms. The van der Waals surface area contributed by atoms with Crippen LogP contribution >= 0.6 is 0 Å². The van der Waals surface area contributed by atoms with E-state index >= 15 is 0 Å². The molecule has 4 nitrogen and oxygen atoms in total. The van der Waals surface area contributed by atoms with Crippen LogP contribution in [-0.2, 0) is 13.6 Å². The lowest BCUT2D eigenvalue weighted by Gasteiger charge is -2.30. The Hall–Kier alpha value is -1.36. The van der Waals surface area contributed by atoms with Gasteiger partial charge in [-0.25, -0.2) is 0 Å². The van der Waals surface area contributed by atoms with Gasteiger partial charge in [-0.3, -0.25) is 0 Å². The van der Waals surface area contributed by atoms with Crippen molar-refractivity contribution in [3.63, 3.8) is 0 Å². The van der Waals surface area contributed by atoms with Crippen molar-refractivity contribution in [1.82, 2.24) is 9.88 Å². The lowest BCUT2D eigenvalue weighted by atomic mass is 9.98. The highest BCUT2D eigenvalue weighted by Gasteiger charge is 2.26. The van der Waals surface area contributed by atoms with Crippen molar-refractivity contribution >= 4 is 10.9 Å². The summed E-state index contributed by atoms with van der Waals surface area (Å²) in [7, 11) is 2.05. The van der Waals surface area contributed by atoms with Crippen LogP contribution in [0.25, 0.3) is 10.9 Å². The fraction of sp³-hybridized carbons (Fsp3) is 0.500. The molecule has 1 heterocycles. The fourth-order valence-corrected chi connectivity index (χ4v) is 2.67. The highest BCUT2D eigenvalue weighted by Crippen LogP contribution is 2.24. The molecule has 0 saturated heterocycles. The quantitative estimate of drug-likeness (QED) is 0.753. The van der Waals surface area contributed by atoms with Crippen LogP contribution in [0.2, 0.25) is 0 Å². The van der Waals surface area contributed by atoms with E-state index in [1.165, 1.54) is 22.2 Å². The third kappa shape index (κ3) is 2.46. The van der Waals surface area contributed by atoms with Crippen molar-refractivity contribution in [3.8, 4) is 0 Å². The van der Waals surface area contributed by atoms with Crippen LogP contribution in [0.3, 0.4) is 0 Å². The Balaban J connectivity index is 2.30. The number of aliphatic hydroxyl groups excluding tert-OH is 2.